The summed E-state index contributed by atoms with van der Waals surface area (Å²) in [6, 6.07) is 11.1. The van der Waals surface area contributed by atoms with Crippen molar-refractivity contribution in [1.82, 2.24) is 10.2 Å². The van der Waals surface area contributed by atoms with Gasteiger partial charge in [-0.1, -0.05) is 30.3 Å². The van der Waals surface area contributed by atoms with Gasteiger partial charge in [-0.25, -0.2) is 0 Å². The minimum absolute atomic E-state index is 0.243. The third kappa shape index (κ3) is 7.33. The van der Waals surface area contributed by atoms with Gasteiger partial charge in [-0.15, -0.1) is 0 Å². The first-order valence-electron chi connectivity index (χ1n) is 9.96. The predicted octanol–water partition coefficient (Wildman–Crippen LogP) is 3.35. The van der Waals surface area contributed by atoms with Crippen molar-refractivity contribution >= 4 is 12.4 Å². The molecule has 1 heterocycles. The highest BCUT2D eigenvalue weighted by Gasteiger charge is 2.44. The van der Waals surface area contributed by atoms with Crippen LogP contribution in [0.3, 0.4) is 0 Å². The van der Waals surface area contributed by atoms with E-state index in [1.807, 2.05) is 20.8 Å². The average Bonchev–Trinajstić information content (AvgIpc) is 3.41. The number of hydrogen-bond donors (Lipinski definition) is 1. The van der Waals surface area contributed by atoms with Crippen LogP contribution in [0.15, 0.2) is 30.3 Å². The number of carbonyl (C=O) groups excluding carboxylic acids is 2. The first kappa shape index (κ1) is 21.4. The fraction of sp³-hybridized carbons (Fsp3) is 0.636. The zero-order chi connectivity index (χ0) is 19.9. The topological polar surface area (TPSA) is 58.6 Å². The van der Waals surface area contributed by atoms with E-state index in [0.29, 0.717) is 24.3 Å². The molecule has 0 aromatic heterocycles. The van der Waals surface area contributed by atoms with Gasteiger partial charge in [0.15, 0.2) is 0 Å². The van der Waals surface area contributed by atoms with Crippen molar-refractivity contribution < 1.29 is 14.3 Å². The monoisotopic (exact) mass is 374 g/mol. The Kier molecular flexibility index (Phi) is 7.84. The Hall–Kier alpha value is -1.88. The van der Waals surface area contributed by atoms with Gasteiger partial charge in [0.25, 0.3) is 6.47 Å². The van der Waals surface area contributed by atoms with E-state index < -0.39 is 0 Å². The molecule has 0 spiro atoms. The van der Waals surface area contributed by atoms with Gasteiger partial charge in [0, 0.05) is 25.4 Å². The van der Waals surface area contributed by atoms with Crippen molar-refractivity contribution in [2.45, 2.75) is 64.5 Å². The van der Waals surface area contributed by atoms with Crippen LogP contribution in [0.5, 0.6) is 0 Å². The Balaban J connectivity index is 0.000000321. The molecule has 3 rings (SSSR count). The highest BCUT2D eigenvalue weighted by molar-refractivity contribution is 5.74. The Morgan fingerprint density at radius 1 is 1.22 bits per heavy atom. The fourth-order valence-electron chi connectivity index (χ4n) is 3.57. The van der Waals surface area contributed by atoms with Crippen molar-refractivity contribution in [3.63, 3.8) is 0 Å². The van der Waals surface area contributed by atoms with Gasteiger partial charge in [-0.3, -0.25) is 9.59 Å². The molecule has 5 heteroatoms. The lowest BCUT2D eigenvalue weighted by Crippen LogP contribution is -2.40. The highest BCUT2D eigenvalue weighted by Crippen LogP contribution is 2.45. The van der Waals surface area contributed by atoms with Crippen molar-refractivity contribution in [2.75, 3.05) is 19.6 Å². The van der Waals surface area contributed by atoms with Crippen LogP contribution in [0.25, 0.3) is 0 Å². The Morgan fingerprint density at radius 2 is 1.85 bits per heavy atom. The van der Waals surface area contributed by atoms with Crippen LogP contribution in [0, 0.1) is 5.92 Å². The number of hydrogen-bond acceptors (Lipinski definition) is 4. The third-order valence-corrected chi connectivity index (χ3v) is 5.10. The predicted molar refractivity (Wildman–Crippen MR) is 107 cm³/mol. The molecule has 27 heavy (non-hydrogen) atoms. The van der Waals surface area contributed by atoms with Crippen LogP contribution in [-0.2, 0) is 14.3 Å². The standard InChI is InChI=1S/C17H24N2O.C5H10O2/c1-13(20)19(12-14-7-9-18-10-8-14)17-11-16(17)15-5-3-2-4-6-15;1-5(2,3)7-4-6/h2-6,14,16-18H,7-12H2,1H3;4H,1-3H3/t16-,17+;/m0./s1. The molecule has 5 nitrogen and oxygen atoms in total. The maximum absolute atomic E-state index is 12.0. The number of ether oxygens (including phenoxy) is 1. The van der Waals surface area contributed by atoms with Gasteiger partial charge >= 0.3 is 0 Å². The van der Waals surface area contributed by atoms with Crippen molar-refractivity contribution in [2.24, 2.45) is 5.92 Å². The lowest BCUT2D eigenvalue weighted by atomic mass is 9.97. The summed E-state index contributed by atoms with van der Waals surface area (Å²) < 4.78 is 4.55. The zero-order valence-corrected chi connectivity index (χ0v) is 17.1. The van der Waals surface area contributed by atoms with Crippen LogP contribution in [0.4, 0.5) is 0 Å². The molecule has 1 amide bonds. The van der Waals surface area contributed by atoms with Crippen molar-refractivity contribution in [1.29, 1.82) is 0 Å². The molecule has 1 aliphatic carbocycles. The second-order valence-corrected chi connectivity index (χ2v) is 8.51. The summed E-state index contributed by atoms with van der Waals surface area (Å²) in [6.45, 7) is 10.8. The number of piperidine rings is 1. The molecule has 2 aliphatic rings. The fourth-order valence-corrected chi connectivity index (χ4v) is 3.57. The van der Waals surface area contributed by atoms with E-state index in [2.05, 4.69) is 45.3 Å². The summed E-state index contributed by atoms with van der Waals surface area (Å²) in [7, 11) is 0. The van der Waals surface area contributed by atoms with Gasteiger partial charge in [0.2, 0.25) is 5.91 Å². The second kappa shape index (κ2) is 9.88. The van der Waals surface area contributed by atoms with E-state index in [0.717, 1.165) is 26.1 Å². The second-order valence-electron chi connectivity index (χ2n) is 8.51. The van der Waals surface area contributed by atoms with Crippen LogP contribution in [-0.4, -0.2) is 48.6 Å². The molecule has 2 atom stereocenters. The van der Waals surface area contributed by atoms with Gasteiger partial charge < -0.3 is 15.0 Å². The van der Waals surface area contributed by atoms with Gasteiger partial charge in [0.05, 0.1) is 0 Å². The molecule has 1 aromatic rings. The first-order chi connectivity index (χ1) is 12.8. The molecule has 0 radical (unpaired) electrons. The summed E-state index contributed by atoms with van der Waals surface area (Å²) in [5.74, 6) is 1.48. The molecule has 1 aliphatic heterocycles. The average molecular weight is 375 g/mol. The molecule has 1 saturated carbocycles. The smallest absolute Gasteiger partial charge is 0.293 e. The van der Waals surface area contributed by atoms with Crippen LogP contribution >= 0.6 is 0 Å². The molecule has 0 unspecified atom stereocenters. The lowest BCUT2D eigenvalue weighted by molar-refractivity contribution is -0.138. The van der Waals surface area contributed by atoms with Crippen LogP contribution in [0.1, 0.15) is 58.4 Å². The number of nitrogens with zero attached hydrogens (tertiary/aromatic N) is 1. The van der Waals surface area contributed by atoms with E-state index in [1.54, 1.807) is 6.92 Å². The first-order valence-corrected chi connectivity index (χ1v) is 9.96. The van der Waals surface area contributed by atoms with Gasteiger partial charge in [-0.05, 0) is 64.6 Å². The zero-order valence-electron chi connectivity index (χ0n) is 17.1. The van der Waals surface area contributed by atoms with Crippen molar-refractivity contribution in [3.05, 3.63) is 35.9 Å². The van der Waals surface area contributed by atoms with E-state index in [-0.39, 0.29) is 11.5 Å². The Morgan fingerprint density at radius 3 is 2.33 bits per heavy atom. The minimum Gasteiger partial charge on any atom is -0.462 e. The molecule has 150 valence electrons. The SMILES string of the molecule is CC(=O)N(CC1CCNCC1)[C@@H]1C[C@H]1c1ccccc1.CC(C)(C)OC=O. The van der Waals surface area contributed by atoms with E-state index in [1.165, 1.54) is 18.4 Å². The molecule has 0 bridgehead atoms. The number of rotatable bonds is 5. The molecular weight excluding hydrogens is 340 g/mol. The number of amides is 1. The van der Waals surface area contributed by atoms with Crippen molar-refractivity contribution in [3.8, 4) is 0 Å². The maximum Gasteiger partial charge on any atom is 0.293 e. The highest BCUT2D eigenvalue weighted by atomic mass is 16.5. The molecular formula is C22H34N2O3. The normalized spacial score (nSPS) is 22.2. The van der Waals surface area contributed by atoms with Gasteiger partial charge in [-0.2, -0.15) is 0 Å². The number of carbonyl (C=O) groups is 2. The largest absolute Gasteiger partial charge is 0.462 e. The number of nitrogens with one attached hydrogen (secondary N) is 1. The minimum atomic E-state index is -0.318. The van der Waals surface area contributed by atoms with Gasteiger partial charge in [0.1, 0.15) is 5.60 Å². The summed E-state index contributed by atoms with van der Waals surface area (Å²) >= 11 is 0. The lowest BCUT2D eigenvalue weighted by Gasteiger charge is -2.30. The molecule has 1 aromatic carbocycles. The summed E-state index contributed by atoms with van der Waals surface area (Å²) in [5, 5.41) is 3.39. The summed E-state index contributed by atoms with van der Waals surface area (Å²) in [6.07, 6.45) is 3.54. The third-order valence-electron chi connectivity index (χ3n) is 5.10. The summed E-state index contributed by atoms with van der Waals surface area (Å²) in [5.41, 5.74) is 1.07. The van der Waals surface area contributed by atoms with Crippen LogP contribution < -0.4 is 5.32 Å². The van der Waals surface area contributed by atoms with E-state index in [4.69, 9.17) is 0 Å². The molecule has 2 fully saturated rings. The summed E-state index contributed by atoms with van der Waals surface area (Å²) in [4.78, 5) is 23.7. The maximum atomic E-state index is 12.0. The van der Waals surface area contributed by atoms with E-state index in [9.17, 15) is 9.59 Å². The Labute approximate surface area is 163 Å². The number of benzene rings is 1. The Bertz CT molecular complexity index is 591. The quantitative estimate of drug-likeness (QED) is 0.803. The molecule has 1 saturated heterocycles. The van der Waals surface area contributed by atoms with Crippen LogP contribution in [0.2, 0.25) is 0 Å². The van der Waals surface area contributed by atoms with E-state index >= 15 is 0 Å². The molecule has 1 N–H and O–H groups in total.